The SMILES string of the molecule is Cc1[nH]ncc1CNC(=O)c1cc(Cl)cc([N+](=O)[O-])c1. The van der Waals surface area contributed by atoms with Crippen LogP contribution in [0.4, 0.5) is 5.69 Å². The average Bonchev–Trinajstić information content (AvgIpc) is 2.80. The van der Waals surface area contributed by atoms with Gasteiger partial charge in [-0.05, 0) is 13.0 Å². The van der Waals surface area contributed by atoms with E-state index in [1.165, 1.54) is 18.2 Å². The molecule has 2 aromatic rings. The Morgan fingerprint density at radius 3 is 2.85 bits per heavy atom. The highest BCUT2D eigenvalue weighted by Gasteiger charge is 2.14. The number of carbonyl (C=O) groups is 1. The summed E-state index contributed by atoms with van der Waals surface area (Å²) in [5.41, 5.74) is 1.62. The Morgan fingerprint density at radius 2 is 2.25 bits per heavy atom. The molecule has 0 radical (unpaired) electrons. The number of nitrogens with zero attached hydrogens (tertiary/aromatic N) is 2. The monoisotopic (exact) mass is 294 g/mol. The van der Waals surface area contributed by atoms with E-state index in [9.17, 15) is 14.9 Å². The number of aromatic nitrogens is 2. The van der Waals surface area contributed by atoms with Gasteiger partial charge in [0.05, 0.1) is 11.1 Å². The standard InChI is InChI=1S/C12H11ClN4O3/c1-7-9(6-15-16-7)5-14-12(18)8-2-10(13)4-11(3-8)17(19)20/h2-4,6H,5H2,1H3,(H,14,18)(H,15,16). The molecule has 0 spiro atoms. The maximum atomic E-state index is 12.0. The van der Waals surface area contributed by atoms with Gasteiger partial charge in [0.2, 0.25) is 0 Å². The number of nitro benzene ring substituents is 1. The molecule has 2 N–H and O–H groups in total. The zero-order valence-corrected chi connectivity index (χ0v) is 11.3. The van der Waals surface area contributed by atoms with Gasteiger partial charge in [0.1, 0.15) is 0 Å². The van der Waals surface area contributed by atoms with Crippen molar-refractivity contribution in [3.8, 4) is 0 Å². The van der Waals surface area contributed by atoms with E-state index in [-0.39, 0.29) is 22.8 Å². The fourth-order valence-corrected chi connectivity index (χ4v) is 1.87. The van der Waals surface area contributed by atoms with Crippen molar-refractivity contribution in [2.24, 2.45) is 0 Å². The van der Waals surface area contributed by atoms with Crippen LogP contribution < -0.4 is 5.32 Å². The Kier molecular flexibility index (Phi) is 3.99. The van der Waals surface area contributed by atoms with Crippen LogP contribution in [0.3, 0.4) is 0 Å². The molecular weight excluding hydrogens is 284 g/mol. The van der Waals surface area contributed by atoms with Crippen LogP contribution >= 0.6 is 11.6 Å². The summed E-state index contributed by atoms with van der Waals surface area (Å²) in [5, 5.41) is 20.1. The molecule has 0 saturated carbocycles. The Morgan fingerprint density at radius 1 is 1.50 bits per heavy atom. The molecule has 0 fully saturated rings. The minimum absolute atomic E-state index is 0.142. The number of amides is 1. The predicted molar refractivity (Wildman–Crippen MR) is 72.6 cm³/mol. The Balaban J connectivity index is 2.13. The van der Waals surface area contributed by atoms with E-state index in [0.717, 1.165) is 11.3 Å². The summed E-state index contributed by atoms with van der Waals surface area (Å²) >= 11 is 5.76. The third-order valence-corrected chi connectivity index (χ3v) is 2.95. The van der Waals surface area contributed by atoms with Crippen molar-refractivity contribution in [2.75, 3.05) is 0 Å². The molecule has 0 aliphatic carbocycles. The molecule has 0 aliphatic heterocycles. The molecule has 8 heteroatoms. The van der Waals surface area contributed by atoms with Gasteiger partial charge in [-0.25, -0.2) is 0 Å². The van der Waals surface area contributed by atoms with E-state index < -0.39 is 10.8 Å². The van der Waals surface area contributed by atoms with E-state index >= 15 is 0 Å². The molecule has 2 rings (SSSR count). The van der Waals surface area contributed by atoms with Gasteiger partial charge in [-0.1, -0.05) is 11.6 Å². The number of rotatable bonds is 4. The second-order valence-electron chi connectivity index (χ2n) is 4.16. The minimum Gasteiger partial charge on any atom is -0.348 e. The summed E-state index contributed by atoms with van der Waals surface area (Å²) in [6.07, 6.45) is 1.61. The average molecular weight is 295 g/mol. The number of hydrogen-bond donors (Lipinski definition) is 2. The van der Waals surface area contributed by atoms with Crippen LogP contribution in [0.15, 0.2) is 24.4 Å². The summed E-state index contributed by atoms with van der Waals surface area (Å²) in [5.74, 6) is -0.434. The van der Waals surface area contributed by atoms with Crippen LogP contribution in [0.25, 0.3) is 0 Å². The third kappa shape index (κ3) is 3.12. The summed E-state index contributed by atoms with van der Waals surface area (Å²) < 4.78 is 0. The normalized spacial score (nSPS) is 10.3. The maximum Gasteiger partial charge on any atom is 0.271 e. The van der Waals surface area contributed by atoms with Gasteiger partial charge in [0.15, 0.2) is 0 Å². The van der Waals surface area contributed by atoms with Crippen LogP contribution in [0.5, 0.6) is 0 Å². The van der Waals surface area contributed by atoms with Crippen LogP contribution in [0.2, 0.25) is 5.02 Å². The number of aromatic amines is 1. The maximum absolute atomic E-state index is 12.0. The van der Waals surface area contributed by atoms with Crippen LogP contribution in [0.1, 0.15) is 21.6 Å². The lowest BCUT2D eigenvalue weighted by Gasteiger charge is -2.05. The predicted octanol–water partition coefficient (Wildman–Crippen LogP) is 2.21. The molecule has 104 valence electrons. The number of nitro groups is 1. The van der Waals surface area contributed by atoms with E-state index in [4.69, 9.17) is 11.6 Å². The van der Waals surface area contributed by atoms with Crippen LogP contribution in [-0.2, 0) is 6.54 Å². The fourth-order valence-electron chi connectivity index (χ4n) is 1.64. The number of nitrogens with one attached hydrogen (secondary N) is 2. The Hall–Kier alpha value is -2.41. The molecule has 1 heterocycles. The number of benzene rings is 1. The van der Waals surface area contributed by atoms with Gasteiger partial charge in [0, 0.05) is 40.5 Å². The Labute approximate surface area is 119 Å². The first-order valence-corrected chi connectivity index (χ1v) is 6.07. The molecule has 0 atom stereocenters. The highest BCUT2D eigenvalue weighted by atomic mass is 35.5. The highest BCUT2D eigenvalue weighted by molar-refractivity contribution is 6.31. The number of carbonyl (C=O) groups excluding carboxylic acids is 1. The van der Waals surface area contributed by atoms with E-state index in [1.54, 1.807) is 6.20 Å². The van der Waals surface area contributed by atoms with Crippen molar-refractivity contribution in [1.29, 1.82) is 0 Å². The van der Waals surface area contributed by atoms with Crippen molar-refractivity contribution in [2.45, 2.75) is 13.5 Å². The largest absolute Gasteiger partial charge is 0.348 e. The molecule has 1 amide bonds. The minimum atomic E-state index is -0.594. The lowest BCUT2D eigenvalue weighted by Crippen LogP contribution is -2.23. The van der Waals surface area contributed by atoms with E-state index in [1.807, 2.05) is 6.92 Å². The summed E-state index contributed by atoms with van der Waals surface area (Å²) in [6.45, 7) is 2.11. The van der Waals surface area contributed by atoms with Crippen molar-refractivity contribution in [3.63, 3.8) is 0 Å². The first-order chi connectivity index (χ1) is 9.47. The summed E-state index contributed by atoms with van der Waals surface area (Å²) in [4.78, 5) is 22.1. The zero-order valence-electron chi connectivity index (χ0n) is 10.5. The van der Waals surface area contributed by atoms with Gasteiger partial charge in [-0.15, -0.1) is 0 Å². The lowest BCUT2D eigenvalue weighted by molar-refractivity contribution is -0.384. The molecule has 1 aromatic carbocycles. The highest BCUT2D eigenvalue weighted by Crippen LogP contribution is 2.20. The molecule has 0 saturated heterocycles. The van der Waals surface area contributed by atoms with E-state index in [2.05, 4.69) is 15.5 Å². The molecule has 0 bridgehead atoms. The zero-order chi connectivity index (χ0) is 14.7. The van der Waals surface area contributed by atoms with Crippen LogP contribution in [0, 0.1) is 17.0 Å². The van der Waals surface area contributed by atoms with Crippen LogP contribution in [-0.4, -0.2) is 21.0 Å². The molecule has 20 heavy (non-hydrogen) atoms. The van der Waals surface area contributed by atoms with Gasteiger partial charge in [-0.3, -0.25) is 20.0 Å². The van der Waals surface area contributed by atoms with Gasteiger partial charge >= 0.3 is 0 Å². The van der Waals surface area contributed by atoms with Gasteiger partial charge in [0.25, 0.3) is 11.6 Å². The lowest BCUT2D eigenvalue weighted by atomic mass is 10.2. The second-order valence-corrected chi connectivity index (χ2v) is 4.59. The molecular formula is C12H11ClN4O3. The number of aryl methyl sites for hydroxylation is 1. The molecule has 1 aromatic heterocycles. The molecule has 0 aliphatic rings. The van der Waals surface area contributed by atoms with Crippen molar-refractivity contribution in [3.05, 3.63) is 56.4 Å². The molecule has 0 unspecified atom stereocenters. The topological polar surface area (TPSA) is 101 Å². The van der Waals surface area contributed by atoms with Gasteiger partial charge in [-0.2, -0.15) is 5.10 Å². The first-order valence-electron chi connectivity index (χ1n) is 5.69. The Bertz CT molecular complexity index is 668. The summed E-state index contributed by atoms with van der Waals surface area (Å²) in [7, 11) is 0. The molecule has 7 nitrogen and oxygen atoms in total. The number of H-pyrrole nitrogens is 1. The van der Waals surface area contributed by atoms with E-state index in [0.29, 0.717) is 0 Å². The van der Waals surface area contributed by atoms with Gasteiger partial charge < -0.3 is 5.32 Å². The second kappa shape index (κ2) is 5.70. The van der Waals surface area contributed by atoms with Crippen molar-refractivity contribution < 1.29 is 9.72 Å². The number of halogens is 1. The number of hydrogen-bond acceptors (Lipinski definition) is 4. The fraction of sp³-hybridized carbons (Fsp3) is 0.167. The summed E-state index contributed by atoms with van der Waals surface area (Å²) in [6, 6.07) is 3.76. The third-order valence-electron chi connectivity index (χ3n) is 2.73. The van der Waals surface area contributed by atoms with Crippen molar-refractivity contribution >= 4 is 23.2 Å². The van der Waals surface area contributed by atoms with Crippen molar-refractivity contribution in [1.82, 2.24) is 15.5 Å². The number of non-ortho nitro benzene ring substituents is 1. The first kappa shape index (κ1) is 14.0. The quantitative estimate of drug-likeness (QED) is 0.666. The smallest absolute Gasteiger partial charge is 0.271 e.